The van der Waals surface area contributed by atoms with Crippen LogP contribution in [0, 0.1) is 11.3 Å². The van der Waals surface area contributed by atoms with Crippen LogP contribution >= 0.6 is 0 Å². The molecule has 7 heteroatoms. The molecule has 1 aliphatic heterocycles. The van der Waals surface area contributed by atoms with Crippen molar-refractivity contribution in [3.63, 3.8) is 0 Å². The van der Waals surface area contributed by atoms with Crippen molar-refractivity contribution in [1.82, 2.24) is 4.31 Å². The molecule has 1 saturated carbocycles. The number of fused-ring (bicyclic) bond motifs is 1. The Bertz CT molecular complexity index is 766. The fraction of sp³-hybridized carbons (Fsp3) is 0.429. The minimum atomic E-state index is -3.94. The molecule has 0 spiro atoms. The van der Waals surface area contributed by atoms with Crippen molar-refractivity contribution in [2.45, 2.75) is 25.2 Å². The number of rotatable bonds is 3. The summed E-state index contributed by atoms with van der Waals surface area (Å²) in [5.74, 6) is -1.63. The molecule has 2 aliphatic rings. The lowest BCUT2D eigenvalue weighted by Crippen LogP contribution is -2.32. The summed E-state index contributed by atoms with van der Waals surface area (Å²) in [6, 6.07) is 3.58. The first-order chi connectivity index (χ1) is 9.64. The number of hydrogen-bond donors (Lipinski definition) is 1. The van der Waals surface area contributed by atoms with Crippen LogP contribution in [-0.2, 0) is 10.0 Å². The van der Waals surface area contributed by atoms with Gasteiger partial charge < -0.3 is 5.11 Å². The quantitative estimate of drug-likeness (QED) is 0.915. The number of sulfonamides is 1. The average Bonchev–Trinajstić information content (AvgIpc) is 2.95. The van der Waals surface area contributed by atoms with Crippen molar-refractivity contribution in [2.75, 3.05) is 6.54 Å². The minimum absolute atomic E-state index is 0.0524. The molecular weight excluding hydrogens is 294 g/mol. The lowest BCUT2D eigenvalue weighted by Gasteiger charge is -2.15. The van der Waals surface area contributed by atoms with Gasteiger partial charge in [-0.2, -0.15) is 0 Å². The third-order valence-electron chi connectivity index (χ3n) is 4.36. The van der Waals surface area contributed by atoms with Crippen molar-refractivity contribution < 1.29 is 23.1 Å². The van der Waals surface area contributed by atoms with Gasteiger partial charge in [0.2, 0.25) is 0 Å². The van der Waals surface area contributed by atoms with E-state index < -0.39 is 21.9 Å². The molecule has 1 aromatic rings. The molecule has 0 aromatic heterocycles. The molecule has 1 heterocycles. The number of carbonyl (C=O) groups excluding carboxylic acids is 1. The zero-order chi connectivity index (χ0) is 15.6. The predicted molar refractivity (Wildman–Crippen MR) is 73.5 cm³/mol. The lowest BCUT2D eigenvalue weighted by molar-refractivity contribution is 0.0695. The fourth-order valence-corrected chi connectivity index (χ4v) is 4.32. The first-order valence-electron chi connectivity index (χ1n) is 6.59. The second-order valence-electron chi connectivity index (χ2n) is 6.25. The van der Waals surface area contributed by atoms with E-state index in [0.717, 1.165) is 16.8 Å². The van der Waals surface area contributed by atoms with Crippen LogP contribution in [0.2, 0.25) is 0 Å². The van der Waals surface area contributed by atoms with Gasteiger partial charge in [-0.3, -0.25) is 4.79 Å². The number of nitrogens with zero attached hydrogens (tertiary/aromatic N) is 1. The van der Waals surface area contributed by atoms with Crippen molar-refractivity contribution >= 4 is 21.9 Å². The first-order valence-corrected chi connectivity index (χ1v) is 8.03. The van der Waals surface area contributed by atoms with Crippen molar-refractivity contribution in [2.24, 2.45) is 11.3 Å². The number of carbonyl (C=O) groups is 2. The number of hydrogen-bond acceptors (Lipinski definition) is 4. The standard InChI is InChI=1S/C14H15NO5S/c1-14(2)6-9(14)7-15-12(16)10-4-3-8(13(17)18)5-11(10)21(15,19)20/h3-5,9H,6-7H2,1-2H3,(H,17,18). The number of aromatic carboxylic acids is 1. The molecule has 0 bridgehead atoms. The fourth-order valence-electron chi connectivity index (χ4n) is 2.68. The van der Waals surface area contributed by atoms with E-state index in [1.807, 2.05) is 13.8 Å². The zero-order valence-electron chi connectivity index (χ0n) is 11.7. The van der Waals surface area contributed by atoms with Gasteiger partial charge in [-0.15, -0.1) is 0 Å². The highest BCUT2D eigenvalue weighted by Crippen LogP contribution is 2.52. The van der Waals surface area contributed by atoms with E-state index in [2.05, 4.69) is 0 Å². The number of carboxylic acid groups (broad SMARTS) is 1. The maximum atomic E-state index is 12.5. The van der Waals surface area contributed by atoms with Crippen LogP contribution in [0.3, 0.4) is 0 Å². The Labute approximate surface area is 122 Å². The lowest BCUT2D eigenvalue weighted by atomic mass is 10.1. The predicted octanol–water partition coefficient (Wildman–Crippen LogP) is 1.58. The summed E-state index contributed by atoms with van der Waals surface area (Å²) >= 11 is 0. The van der Waals surface area contributed by atoms with E-state index in [9.17, 15) is 18.0 Å². The van der Waals surface area contributed by atoms with Gasteiger partial charge in [0.05, 0.1) is 11.1 Å². The molecule has 1 aromatic carbocycles. The molecule has 6 nitrogen and oxygen atoms in total. The van der Waals surface area contributed by atoms with E-state index in [0.29, 0.717) is 0 Å². The van der Waals surface area contributed by atoms with Crippen molar-refractivity contribution in [1.29, 1.82) is 0 Å². The molecular formula is C14H15NO5S. The van der Waals surface area contributed by atoms with Crippen molar-refractivity contribution in [3.05, 3.63) is 29.3 Å². The summed E-state index contributed by atoms with van der Waals surface area (Å²) in [7, 11) is -3.94. The summed E-state index contributed by atoms with van der Waals surface area (Å²) in [5.41, 5.74) is -0.0336. The van der Waals surface area contributed by atoms with Gasteiger partial charge in [0, 0.05) is 6.54 Å². The van der Waals surface area contributed by atoms with Crippen LogP contribution in [0.15, 0.2) is 23.1 Å². The third-order valence-corrected chi connectivity index (χ3v) is 6.15. The van der Waals surface area contributed by atoms with Crippen LogP contribution in [0.1, 0.15) is 41.0 Å². The molecule has 1 fully saturated rings. The van der Waals surface area contributed by atoms with E-state index in [1.54, 1.807) is 0 Å². The highest BCUT2D eigenvalue weighted by molar-refractivity contribution is 7.90. The second-order valence-corrected chi connectivity index (χ2v) is 8.08. The molecule has 0 saturated heterocycles. The van der Waals surface area contributed by atoms with Gasteiger partial charge in [-0.05, 0) is 36.0 Å². The van der Waals surface area contributed by atoms with Gasteiger partial charge in [0.25, 0.3) is 15.9 Å². The second kappa shape index (κ2) is 4.07. The van der Waals surface area contributed by atoms with Gasteiger partial charge in [0.1, 0.15) is 4.90 Å². The van der Waals surface area contributed by atoms with E-state index in [4.69, 9.17) is 5.11 Å². The normalized spacial score (nSPS) is 24.8. The molecule has 1 N–H and O–H groups in total. The van der Waals surface area contributed by atoms with E-state index in [1.165, 1.54) is 12.1 Å². The Kier molecular flexibility index (Phi) is 2.72. The van der Waals surface area contributed by atoms with E-state index in [-0.39, 0.29) is 33.9 Å². The molecule has 1 aliphatic carbocycles. The Morgan fingerprint density at radius 1 is 1.43 bits per heavy atom. The number of benzene rings is 1. The van der Waals surface area contributed by atoms with Crippen LogP contribution in [0.5, 0.6) is 0 Å². The maximum absolute atomic E-state index is 12.5. The van der Waals surface area contributed by atoms with Crippen molar-refractivity contribution in [3.8, 4) is 0 Å². The monoisotopic (exact) mass is 309 g/mol. The topological polar surface area (TPSA) is 91.8 Å². The SMILES string of the molecule is CC1(C)CC1CN1C(=O)c2ccc(C(=O)O)cc2S1(=O)=O. The van der Waals surface area contributed by atoms with E-state index >= 15 is 0 Å². The van der Waals surface area contributed by atoms with Gasteiger partial charge in [0.15, 0.2) is 0 Å². The molecule has 1 atom stereocenters. The van der Waals surface area contributed by atoms with Crippen LogP contribution in [0.4, 0.5) is 0 Å². The Balaban J connectivity index is 2.01. The summed E-state index contributed by atoms with van der Waals surface area (Å²) in [4.78, 5) is 23.0. The van der Waals surface area contributed by atoms with Gasteiger partial charge in [-0.25, -0.2) is 17.5 Å². The highest BCUT2D eigenvalue weighted by atomic mass is 32.2. The molecule has 1 amide bonds. The van der Waals surface area contributed by atoms with Gasteiger partial charge in [-0.1, -0.05) is 13.8 Å². The maximum Gasteiger partial charge on any atom is 0.335 e. The van der Waals surface area contributed by atoms with Gasteiger partial charge >= 0.3 is 5.97 Å². The average molecular weight is 309 g/mol. The number of carboxylic acids is 1. The molecule has 3 rings (SSSR count). The summed E-state index contributed by atoms with van der Waals surface area (Å²) < 4.78 is 25.8. The first kappa shape index (κ1) is 14.1. The summed E-state index contributed by atoms with van der Waals surface area (Å²) in [5, 5.41) is 8.95. The zero-order valence-corrected chi connectivity index (χ0v) is 12.5. The minimum Gasteiger partial charge on any atom is -0.478 e. The molecule has 21 heavy (non-hydrogen) atoms. The molecule has 112 valence electrons. The van der Waals surface area contributed by atoms with Crippen LogP contribution in [0.25, 0.3) is 0 Å². The summed E-state index contributed by atoms with van der Waals surface area (Å²) in [6.45, 7) is 4.21. The molecule has 1 unspecified atom stereocenters. The summed E-state index contributed by atoms with van der Waals surface area (Å²) in [6.07, 6.45) is 0.878. The number of amides is 1. The third kappa shape index (κ3) is 2.03. The largest absolute Gasteiger partial charge is 0.478 e. The highest BCUT2D eigenvalue weighted by Gasteiger charge is 2.51. The Morgan fingerprint density at radius 2 is 2.05 bits per heavy atom. The smallest absolute Gasteiger partial charge is 0.335 e. The Morgan fingerprint density at radius 3 is 2.57 bits per heavy atom. The van der Waals surface area contributed by atoms with Crippen LogP contribution < -0.4 is 0 Å². The molecule has 0 radical (unpaired) electrons. The van der Waals surface area contributed by atoms with Crippen LogP contribution in [-0.4, -0.2) is 36.3 Å². The Hall–Kier alpha value is -1.89.